The van der Waals surface area contributed by atoms with Crippen molar-refractivity contribution < 1.29 is 0 Å². The first kappa shape index (κ1) is 12.1. The summed E-state index contributed by atoms with van der Waals surface area (Å²) in [4.78, 5) is 9.08. The fourth-order valence-electron chi connectivity index (χ4n) is 2.31. The van der Waals surface area contributed by atoms with Gasteiger partial charge >= 0.3 is 0 Å². The summed E-state index contributed by atoms with van der Waals surface area (Å²) in [5.41, 5.74) is 4.44. The molecule has 0 amide bonds. The average molecular weight is 324 g/mol. The van der Waals surface area contributed by atoms with Gasteiger partial charge < -0.3 is 0 Å². The summed E-state index contributed by atoms with van der Waals surface area (Å²) in [6.07, 6.45) is 3.14. The van der Waals surface area contributed by atoms with E-state index in [9.17, 15) is 0 Å². The van der Waals surface area contributed by atoms with E-state index in [1.54, 1.807) is 0 Å². The van der Waals surface area contributed by atoms with Crippen molar-refractivity contribution in [3.63, 3.8) is 0 Å². The summed E-state index contributed by atoms with van der Waals surface area (Å²) in [6.45, 7) is 2.06. The smallest absolute Gasteiger partial charge is 0.162 e. The Kier molecular flexibility index (Phi) is 3.12. The van der Waals surface area contributed by atoms with Crippen LogP contribution >= 0.6 is 27.5 Å². The Morgan fingerprint density at radius 2 is 2.06 bits per heavy atom. The number of hydrogen-bond donors (Lipinski definition) is 0. The number of aromatic nitrogens is 2. The lowest BCUT2D eigenvalue weighted by Crippen LogP contribution is -1.98. The molecule has 1 aromatic carbocycles. The van der Waals surface area contributed by atoms with Crippen LogP contribution in [0.3, 0.4) is 0 Å². The van der Waals surface area contributed by atoms with E-state index in [1.165, 1.54) is 5.56 Å². The van der Waals surface area contributed by atoms with E-state index in [0.29, 0.717) is 11.0 Å². The molecule has 0 spiro atoms. The Morgan fingerprint density at radius 3 is 2.83 bits per heavy atom. The fraction of sp³-hybridized carbons (Fsp3) is 0.286. The van der Waals surface area contributed by atoms with Crippen molar-refractivity contribution in [2.75, 3.05) is 0 Å². The van der Waals surface area contributed by atoms with Gasteiger partial charge in [-0.3, -0.25) is 0 Å². The Morgan fingerprint density at radius 1 is 1.22 bits per heavy atom. The highest BCUT2D eigenvalue weighted by molar-refractivity contribution is 9.10. The molecular formula is C14H12BrClN2. The molecule has 4 heteroatoms. The van der Waals surface area contributed by atoms with E-state index < -0.39 is 0 Å². The minimum atomic E-state index is 0.611. The molecule has 92 valence electrons. The van der Waals surface area contributed by atoms with Crippen molar-refractivity contribution in [3.8, 4) is 11.4 Å². The largest absolute Gasteiger partial charge is 0.233 e. The molecule has 0 saturated heterocycles. The van der Waals surface area contributed by atoms with Gasteiger partial charge in [-0.1, -0.05) is 33.6 Å². The van der Waals surface area contributed by atoms with Crippen molar-refractivity contribution in [2.45, 2.75) is 26.2 Å². The number of fused-ring (bicyclic) bond motifs is 1. The number of nitrogens with zero attached hydrogens (tertiary/aromatic N) is 2. The summed E-state index contributed by atoms with van der Waals surface area (Å²) < 4.78 is 1.01. The summed E-state index contributed by atoms with van der Waals surface area (Å²) in [5, 5.41) is 0.611. The van der Waals surface area contributed by atoms with Crippen LogP contribution in [0, 0.1) is 6.92 Å². The van der Waals surface area contributed by atoms with Crippen molar-refractivity contribution in [1.82, 2.24) is 9.97 Å². The number of hydrogen-bond acceptors (Lipinski definition) is 2. The molecule has 0 unspecified atom stereocenters. The van der Waals surface area contributed by atoms with Gasteiger partial charge in [0.15, 0.2) is 5.82 Å². The number of benzene rings is 1. The second-order valence-corrected chi connectivity index (χ2v) is 5.81. The van der Waals surface area contributed by atoms with Crippen LogP contribution in [0.5, 0.6) is 0 Å². The van der Waals surface area contributed by atoms with E-state index >= 15 is 0 Å². The maximum Gasteiger partial charge on any atom is 0.162 e. The van der Waals surface area contributed by atoms with Gasteiger partial charge in [-0.15, -0.1) is 0 Å². The molecule has 0 saturated carbocycles. The number of halogens is 2. The number of aryl methyl sites for hydroxylation is 2. The standard InChI is InChI=1S/C14H12BrClN2/c1-8-5-6-9(11(15)7-8)14-17-12-4-2-3-10(12)13(16)18-14/h5-7H,2-4H2,1H3. The highest BCUT2D eigenvalue weighted by Gasteiger charge is 2.19. The van der Waals surface area contributed by atoms with Crippen molar-refractivity contribution in [3.05, 3.63) is 44.6 Å². The van der Waals surface area contributed by atoms with Gasteiger partial charge in [-0.05, 0) is 43.9 Å². The fourth-order valence-corrected chi connectivity index (χ4v) is 3.26. The molecule has 1 aromatic heterocycles. The van der Waals surface area contributed by atoms with E-state index in [2.05, 4.69) is 45.0 Å². The van der Waals surface area contributed by atoms with Crippen LogP contribution in [-0.2, 0) is 12.8 Å². The van der Waals surface area contributed by atoms with E-state index in [0.717, 1.165) is 40.6 Å². The van der Waals surface area contributed by atoms with Crippen molar-refractivity contribution in [2.24, 2.45) is 0 Å². The van der Waals surface area contributed by atoms with Gasteiger partial charge in [0.25, 0.3) is 0 Å². The van der Waals surface area contributed by atoms with E-state index in [-0.39, 0.29) is 0 Å². The van der Waals surface area contributed by atoms with Gasteiger partial charge in [-0.25, -0.2) is 9.97 Å². The third-order valence-corrected chi connectivity index (χ3v) is 4.22. The normalized spacial score (nSPS) is 13.7. The lowest BCUT2D eigenvalue weighted by Gasteiger charge is -2.08. The van der Waals surface area contributed by atoms with Gasteiger partial charge in [0.2, 0.25) is 0 Å². The van der Waals surface area contributed by atoms with Crippen molar-refractivity contribution >= 4 is 27.5 Å². The minimum Gasteiger partial charge on any atom is -0.233 e. The Balaban J connectivity index is 2.15. The lowest BCUT2D eigenvalue weighted by atomic mass is 10.1. The van der Waals surface area contributed by atoms with Crippen molar-refractivity contribution in [1.29, 1.82) is 0 Å². The molecule has 2 nitrogen and oxygen atoms in total. The Bertz CT molecular complexity index is 625. The molecule has 0 bridgehead atoms. The quantitative estimate of drug-likeness (QED) is 0.729. The topological polar surface area (TPSA) is 25.8 Å². The third-order valence-electron chi connectivity index (χ3n) is 3.25. The first-order chi connectivity index (χ1) is 8.65. The predicted octanol–water partition coefficient (Wildman–Crippen LogP) is 4.36. The Hall–Kier alpha value is -0.930. The second-order valence-electron chi connectivity index (χ2n) is 4.60. The van der Waals surface area contributed by atoms with Crippen LogP contribution in [-0.4, -0.2) is 9.97 Å². The van der Waals surface area contributed by atoms with Crippen LogP contribution in [0.4, 0.5) is 0 Å². The summed E-state index contributed by atoms with van der Waals surface area (Å²) in [5.74, 6) is 0.715. The molecule has 0 radical (unpaired) electrons. The van der Waals surface area contributed by atoms with Gasteiger partial charge in [0, 0.05) is 21.3 Å². The first-order valence-electron chi connectivity index (χ1n) is 5.97. The van der Waals surface area contributed by atoms with Gasteiger partial charge in [-0.2, -0.15) is 0 Å². The average Bonchev–Trinajstić information content (AvgIpc) is 2.77. The minimum absolute atomic E-state index is 0.611. The van der Waals surface area contributed by atoms with E-state index in [4.69, 9.17) is 11.6 Å². The first-order valence-corrected chi connectivity index (χ1v) is 7.14. The van der Waals surface area contributed by atoms with Crippen LogP contribution in [0.25, 0.3) is 11.4 Å². The third kappa shape index (κ3) is 2.06. The zero-order valence-electron chi connectivity index (χ0n) is 10.0. The molecule has 3 rings (SSSR count). The zero-order chi connectivity index (χ0) is 12.7. The van der Waals surface area contributed by atoms with Crippen LogP contribution < -0.4 is 0 Å². The van der Waals surface area contributed by atoms with Gasteiger partial charge in [0.05, 0.1) is 0 Å². The molecule has 0 N–H and O–H groups in total. The molecule has 0 aliphatic heterocycles. The number of rotatable bonds is 1. The maximum absolute atomic E-state index is 6.24. The highest BCUT2D eigenvalue weighted by Crippen LogP contribution is 2.32. The molecule has 0 atom stereocenters. The highest BCUT2D eigenvalue weighted by atomic mass is 79.9. The Labute approximate surface area is 120 Å². The van der Waals surface area contributed by atoms with E-state index in [1.807, 2.05) is 6.07 Å². The maximum atomic E-state index is 6.24. The van der Waals surface area contributed by atoms with Crippen LogP contribution in [0.1, 0.15) is 23.2 Å². The zero-order valence-corrected chi connectivity index (χ0v) is 12.3. The monoisotopic (exact) mass is 322 g/mol. The summed E-state index contributed by atoms with van der Waals surface area (Å²) in [6, 6.07) is 6.16. The van der Waals surface area contributed by atoms with Crippen LogP contribution in [0.2, 0.25) is 5.15 Å². The molecule has 1 aliphatic rings. The molecule has 2 aromatic rings. The summed E-state index contributed by atoms with van der Waals surface area (Å²) >= 11 is 9.81. The SMILES string of the molecule is Cc1ccc(-c2nc(Cl)c3c(n2)CCC3)c(Br)c1. The lowest BCUT2D eigenvalue weighted by molar-refractivity contribution is 0.900. The predicted molar refractivity (Wildman–Crippen MR) is 76.9 cm³/mol. The molecule has 18 heavy (non-hydrogen) atoms. The molecule has 1 aliphatic carbocycles. The van der Waals surface area contributed by atoms with Gasteiger partial charge in [0.1, 0.15) is 5.15 Å². The molecule has 1 heterocycles. The van der Waals surface area contributed by atoms with Crippen LogP contribution in [0.15, 0.2) is 22.7 Å². The summed E-state index contributed by atoms with van der Waals surface area (Å²) in [7, 11) is 0. The second kappa shape index (κ2) is 4.63. The molecular weight excluding hydrogens is 312 g/mol. The molecule has 0 fully saturated rings.